The summed E-state index contributed by atoms with van der Waals surface area (Å²) in [7, 11) is 0. The van der Waals surface area contributed by atoms with E-state index in [1.807, 2.05) is 48.5 Å². The Morgan fingerprint density at radius 1 is 0.900 bits per heavy atom. The van der Waals surface area contributed by atoms with E-state index in [-0.39, 0.29) is 0 Å². The summed E-state index contributed by atoms with van der Waals surface area (Å²) in [5, 5.41) is 1.37. The summed E-state index contributed by atoms with van der Waals surface area (Å²) in [4.78, 5) is 16.5. The van der Waals surface area contributed by atoms with Crippen LogP contribution < -0.4 is 0 Å². The lowest BCUT2D eigenvalue weighted by Crippen LogP contribution is -2.23. The minimum Gasteiger partial charge on any atom is -0.276 e. The van der Waals surface area contributed by atoms with Crippen LogP contribution in [0.15, 0.2) is 60.7 Å². The summed E-state index contributed by atoms with van der Waals surface area (Å²) in [6, 6.07) is 20.1. The van der Waals surface area contributed by atoms with Crippen molar-refractivity contribution in [1.29, 1.82) is 0 Å². The zero-order chi connectivity index (χ0) is 14.0. The monoisotopic (exact) mass is 269 g/mol. The van der Waals surface area contributed by atoms with E-state index in [9.17, 15) is 4.79 Å². The van der Waals surface area contributed by atoms with Crippen molar-refractivity contribution < 1.29 is 9.63 Å². The van der Waals surface area contributed by atoms with E-state index in [4.69, 9.17) is 4.84 Å². The molecule has 0 bridgehead atoms. The van der Waals surface area contributed by atoms with Gasteiger partial charge in [0.2, 0.25) is 6.41 Å². The van der Waals surface area contributed by atoms with Crippen molar-refractivity contribution in [3.05, 3.63) is 71.8 Å². The van der Waals surface area contributed by atoms with E-state index in [0.717, 1.165) is 24.8 Å². The van der Waals surface area contributed by atoms with Crippen LogP contribution in [0.4, 0.5) is 0 Å². The van der Waals surface area contributed by atoms with Gasteiger partial charge in [0.1, 0.15) is 6.61 Å². The van der Waals surface area contributed by atoms with E-state index >= 15 is 0 Å². The largest absolute Gasteiger partial charge is 0.276 e. The first-order valence-electron chi connectivity index (χ1n) is 6.81. The highest BCUT2D eigenvalue weighted by atomic mass is 16.7. The van der Waals surface area contributed by atoms with Gasteiger partial charge in [0.25, 0.3) is 0 Å². The first-order valence-corrected chi connectivity index (χ1v) is 6.81. The van der Waals surface area contributed by atoms with Crippen LogP contribution in [0.1, 0.15) is 17.5 Å². The van der Waals surface area contributed by atoms with Crippen LogP contribution in [0.3, 0.4) is 0 Å². The highest BCUT2D eigenvalue weighted by molar-refractivity contribution is 5.44. The molecule has 3 heteroatoms. The smallest absolute Gasteiger partial charge is 0.233 e. The molecule has 0 radical (unpaired) electrons. The van der Waals surface area contributed by atoms with Gasteiger partial charge in [0.15, 0.2) is 0 Å². The molecule has 0 aliphatic heterocycles. The number of hydroxylamine groups is 2. The number of benzene rings is 2. The molecule has 0 N–H and O–H groups in total. The maximum absolute atomic E-state index is 11.0. The third-order valence-corrected chi connectivity index (χ3v) is 3.04. The molecule has 0 aromatic heterocycles. The second-order valence-corrected chi connectivity index (χ2v) is 4.59. The van der Waals surface area contributed by atoms with Gasteiger partial charge in [-0.05, 0) is 24.0 Å². The van der Waals surface area contributed by atoms with Crippen LogP contribution in [0.2, 0.25) is 0 Å². The zero-order valence-corrected chi connectivity index (χ0v) is 11.4. The third-order valence-electron chi connectivity index (χ3n) is 3.04. The molecule has 0 unspecified atom stereocenters. The summed E-state index contributed by atoms with van der Waals surface area (Å²) >= 11 is 0. The van der Waals surface area contributed by atoms with Crippen molar-refractivity contribution in [2.45, 2.75) is 19.4 Å². The van der Waals surface area contributed by atoms with Gasteiger partial charge in [0, 0.05) is 6.54 Å². The first-order chi connectivity index (χ1) is 9.88. The predicted octanol–water partition coefficient (Wildman–Crippen LogP) is 3.21. The number of amides is 1. The van der Waals surface area contributed by atoms with Crippen LogP contribution >= 0.6 is 0 Å². The summed E-state index contributed by atoms with van der Waals surface area (Å²) < 4.78 is 0. The lowest BCUT2D eigenvalue weighted by atomic mass is 10.1. The number of nitrogens with zero attached hydrogens (tertiary/aromatic N) is 1. The maximum atomic E-state index is 11.0. The summed E-state index contributed by atoms with van der Waals surface area (Å²) in [5.41, 5.74) is 2.34. The fourth-order valence-corrected chi connectivity index (χ4v) is 1.96. The lowest BCUT2D eigenvalue weighted by molar-refractivity contribution is -0.177. The maximum Gasteiger partial charge on any atom is 0.233 e. The molecule has 0 aliphatic carbocycles. The molecule has 0 spiro atoms. The molecular weight excluding hydrogens is 250 g/mol. The molecule has 20 heavy (non-hydrogen) atoms. The van der Waals surface area contributed by atoms with Gasteiger partial charge in [0.05, 0.1) is 0 Å². The molecule has 0 atom stereocenters. The second-order valence-electron chi connectivity index (χ2n) is 4.59. The van der Waals surface area contributed by atoms with Crippen LogP contribution in [0, 0.1) is 0 Å². The molecule has 3 nitrogen and oxygen atoms in total. The van der Waals surface area contributed by atoms with Crippen molar-refractivity contribution in [3.8, 4) is 0 Å². The van der Waals surface area contributed by atoms with Crippen molar-refractivity contribution in [2.75, 3.05) is 6.54 Å². The molecule has 0 aliphatic rings. The Hall–Kier alpha value is -2.13. The topological polar surface area (TPSA) is 29.5 Å². The van der Waals surface area contributed by atoms with E-state index in [1.165, 1.54) is 10.6 Å². The van der Waals surface area contributed by atoms with Crippen LogP contribution in [0.25, 0.3) is 0 Å². The Kier molecular flexibility index (Phi) is 5.80. The number of hydrogen-bond donors (Lipinski definition) is 0. The predicted molar refractivity (Wildman–Crippen MR) is 78.8 cm³/mol. The third kappa shape index (κ3) is 4.86. The summed E-state index contributed by atoms with van der Waals surface area (Å²) in [6.07, 6.45) is 2.57. The highest BCUT2D eigenvalue weighted by Crippen LogP contribution is 2.05. The fourth-order valence-electron chi connectivity index (χ4n) is 1.96. The molecule has 0 saturated heterocycles. The molecule has 2 aromatic carbocycles. The van der Waals surface area contributed by atoms with Crippen molar-refractivity contribution >= 4 is 6.41 Å². The van der Waals surface area contributed by atoms with Gasteiger partial charge in [-0.15, -0.1) is 0 Å². The Balaban J connectivity index is 1.71. The van der Waals surface area contributed by atoms with Gasteiger partial charge in [-0.1, -0.05) is 60.7 Å². The number of carbonyl (C=O) groups is 1. The molecule has 0 fully saturated rings. The summed E-state index contributed by atoms with van der Waals surface area (Å²) in [6.45, 7) is 1.02. The average Bonchev–Trinajstić information content (AvgIpc) is 2.52. The van der Waals surface area contributed by atoms with Gasteiger partial charge in [-0.3, -0.25) is 9.63 Å². The molecule has 104 valence electrons. The Morgan fingerprint density at radius 3 is 2.10 bits per heavy atom. The van der Waals surface area contributed by atoms with Crippen molar-refractivity contribution in [3.63, 3.8) is 0 Å². The number of carbonyl (C=O) groups excluding carboxylic acids is 1. The number of hydrogen-bond acceptors (Lipinski definition) is 2. The summed E-state index contributed by atoms with van der Waals surface area (Å²) in [5.74, 6) is 0. The SMILES string of the molecule is O=CN(CCCc1ccccc1)OCc1ccccc1. The van der Waals surface area contributed by atoms with Gasteiger partial charge >= 0.3 is 0 Å². The van der Waals surface area contributed by atoms with E-state index < -0.39 is 0 Å². The number of rotatable bonds is 8. The van der Waals surface area contributed by atoms with Crippen LogP contribution in [-0.4, -0.2) is 18.0 Å². The van der Waals surface area contributed by atoms with Crippen molar-refractivity contribution in [2.24, 2.45) is 0 Å². The Bertz CT molecular complexity index is 499. The van der Waals surface area contributed by atoms with Crippen LogP contribution in [-0.2, 0) is 22.7 Å². The average molecular weight is 269 g/mol. The van der Waals surface area contributed by atoms with Crippen LogP contribution in [0.5, 0.6) is 0 Å². The highest BCUT2D eigenvalue weighted by Gasteiger charge is 2.03. The molecule has 1 amide bonds. The Morgan fingerprint density at radius 2 is 1.50 bits per heavy atom. The zero-order valence-electron chi connectivity index (χ0n) is 11.4. The lowest BCUT2D eigenvalue weighted by Gasteiger charge is -2.16. The van der Waals surface area contributed by atoms with E-state index in [0.29, 0.717) is 13.2 Å². The van der Waals surface area contributed by atoms with Gasteiger partial charge < -0.3 is 0 Å². The Labute approximate surface area is 119 Å². The quantitative estimate of drug-likeness (QED) is 0.544. The molecule has 0 saturated carbocycles. The standard InChI is InChI=1S/C17H19NO2/c19-15-18(20-14-17-10-5-2-6-11-17)13-7-12-16-8-3-1-4-9-16/h1-6,8-11,15H,7,12-14H2. The minimum atomic E-state index is 0.422. The molecule has 2 aromatic rings. The molecular formula is C17H19NO2. The van der Waals surface area contributed by atoms with Gasteiger partial charge in [-0.25, -0.2) is 5.06 Å². The second kappa shape index (κ2) is 8.12. The normalized spacial score (nSPS) is 10.2. The minimum absolute atomic E-state index is 0.422. The molecule has 0 heterocycles. The first kappa shape index (κ1) is 14.3. The molecule has 2 rings (SSSR count). The van der Waals surface area contributed by atoms with E-state index in [1.54, 1.807) is 0 Å². The van der Waals surface area contributed by atoms with Gasteiger partial charge in [-0.2, -0.15) is 0 Å². The fraction of sp³-hybridized carbons (Fsp3) is 0.235. The number of aryl methyl sites for hydroxylation is 1. The van der Waals surface area contributed by atoms with E-state index in [2.05, 4.69) is 12.1 Å². The van der Waals surface area contributed by atoms with Crippen molar-refractivity contribution in [1.82, 2.24) is 5.06 Å².